The molecule has 8 atom stereocenters. The smallest absolute Gasteiger partial charge is 0.187 e. The van der Waals surface area contributed by atoms with Gasteiger partial charge in [0.05, 0.1) is 35.4 Å². The molecule has 7 N–H and O–H groups in total. The van der Waals surface area contributed by atoms with Crippen LogP contribution < -0.4 is 20.5 Å². The minimum Gasteiger partial charge on any atom is -0.508 e. The second-order valence-corrected chi connectivity index (χ2v) is 16.9. The van der Waals surface area contributed by atoms with Crippen LogP contribution in [0.5, 0.6) is 17.2 Å². The number of aliphatic hydroxyl groups is 3. The molecule has 1 fully saturated rings. The lowest BCUT2D eigenvalue weighted by Gasteiger charge is -2.39. The SMILES string of the molecule is C[C@@H]1C=C[C@@H]([C@@H](O)CC(=O)CCc2cc3c(cc2O)OC#CC2(CCCC2)[C@H]2C#C[C@H](O)c4ccc5c(c4CC4=C6CN(C=C6N=C4)C2O3)CCN[C@@H]5N)[C@H](O)C1. The van der Waals surface area contributed by atoms with Crippen molar-refractivity contribution in [2.75, 3.05) is 13.1 Å². The Kier molecular flexibility index (Phi) is 10.0. The van der Waals surface area contributed by atoms with E-state index in [1.165, 1.54) is 6.07 Å². The van der Waals surface area contributed by atoms with Gasteiger partial charge < -0.3 is 40.5 Å². The normalized spacial score (nSPS) is 29.5. The fourth-order valence-corrected chi connectivity index (χ4v) is 9.94. The first-order chi connectivity index (χ1) is 27.6. The number of aromatic hydroxyl groups is 1. The summed E-state index contributed by atoms with van der Waals surface area (Å²) in [5.74, 6) is 9.89. The number of aliphatic imine (C=N–C) groups is 1. The molecule has 1 saturated carbocycles. The van der Waals surface area contributed by atoms with Crippen LogP contribution in [0.1, 0.15) is 92.0 Å². The molecular weight excluding hydrogens is 721 g/mol. The molecular formula is C46H50N4O7. The molecule has 11 heteroatoms. The number of carbonyl (C=O) groups excluding carboxylic acids is 1. The Morgan fingerprint density at radius 1 is 1.12 bits per heavy atom. The van der Waals surface area contributed by atoms with E-state index in [2.05, 4.69) is 34.1 Å². The molecule has 5 aliphatic heterocycles. The topological polar surface area (TPSA) is 170 Å². The number of nitrogens with zero attached hydrogens (tertiary/aromatic N) is 2. The Hall–Kier alpha value is -4.88. The van der Waals surface area contributed by atoms with E-state index in [9.17, 15) is 25.2 Å². The van der Waals surface area contributed by atoms with Crippen LogP contribution in [0.4, 0.5) is 0 Å². The highest BCUT2D eigenvalue weighted by molar-refractivity contribution is 5.88. The molecule has 1 unspecified atom stereocenters. The summed E-state index contributed by atoms with van der Waals surface area (Å²) in [7, 11) is 0. The van der Waals surface area contributed by atoms with Gasteiger partial charge >= 0.3 is 0 Å². The van der Waals surface area contributed by atoms with Gasteiger partial charge in [-0.15, -0.1) is 0 Å². The van der Waals surface area contributed by atoms with Gasteiger partial charge in [0.15, 0.2) is 17.7 Å². The first-order valence-electron chi connectivity index (χ1n) is 20.4. The number of fused-ring (bicyclic) bond motifs is 8. The maximum absolute atomic E-state index is 13.1. The molecule has 9 rings (SSSR count). The lowest BCUT2D eigenvalue weighted by molar-refractivity contribution is -0.122. The number of aryl methyl sites for hydroxylation is 1. The number of benzene rings is 2. The summed E-state index contributed by atoms with van der Waals surface area (Å²) in [6, 6.07) is 7.16. The van der Waals surface area contributed by atoms with Gasteiger partial charge in [0.1, 0.15) is 23.7 Å². The average Bonchev–Trinajstić information content (AvgIpc) is 3.93. The van der Waals surface area contributed by atoms with Crippen molar-refractivity contribution in [1.82, 2.24) is 10.2 Å². The molecule has 0 radical (unpaired) electrons. The van der Waals surface area contributed by atoms with Gasteiger partial charge in [-0.3, -0.25) is 15.1 Å². The number of hydrogen-bond donors (Lipinski definition) is 6. The average molecular weight is 771 g/mol. The number of phenols is 1. The summed E-state index contributed by atoms with van der Waals surface area (Å²) in [6.45, 7) is 3.29. The molecule has 1 spiro atoms. The Bertz CT molecular complexity index is 2230. The number of allylic oxidation sites excluding steroid dienone is 2. The van der Waals surface area contributed by atoms with Crippen LogP contribution in [-0.2, 0) is 24.1 Å². The third kappa shape index (κ3) is 7.07. The number of ether oxygens (including phenoxy) is 2. The number of nitrogens with two attached hydrogens (primary N) is 1. The lowest BCUT2D eigenvalue weighted by atomic mass is 9.73. The largest absolute Gasteiger partial charge is 0.508 e. The third-order valence-electron chi connectivity index (χ3n) is 13.1. The monoisotopic (exact) mass is 770 g/mol. The van der Waals surface area contributed by atoms with Crippen molar-refractivity contribution < 1.29 is 34.7 Å². The molecule has 11 nitrogen and oxygen atoms in total. The molecule has 5 heterocycles. The molecule has 0 amide bonds. The summed E-state index contributed by atoms with van der Waals surface area (Å²) in [6.07, 6.45) is 12.6. The molecule has 2 aromatic rings. The zero-order valence-electron chi connectivity index (χ0n) is 32.2. The number of rotatable bonds is 6. The molecule has 2 aliphatic carbocycles. The maximum Gasteiger partial charge on any atom is 0.187 e. The molecule has 2 bridgehead atoms. The second-order valence-electron chi connectivity index (χ2n) is 16.9. The zero-order valence-corrected chi connectivity index (χ0v) is 32.2. The minimum atomic E-state index is -1.07. The van der Waals surface area contributed by atoms with Gasteiger partial charge in [-0.1, -0.05) is 61.8 Å². The molecule has 296 valence electrons. The van der Waals surface area contributed by atoms with Gasteiger partial charge in [0.2, 0.25) is 0 Å². The first-order valence-corrected chi connectivity index (χ1v) is 20.4. The Labute approximate surface area is 333 Å². The van der Waals surface area contributed by atoms with Crippen LogP contribution in [0.15, 0.2) is 64.5 Å². The van der Waals surface area contributed by atoms with Crippen molar-refractivity contribution in [3.05, 3.63) is 87.3 Å². The Morgan fingerprint density at radius 2 is 1.95 bits per heavy atom. The summed E-state index contributed by atoms with van der Waals surface area (Å²) < 4.78 is 13.1. The van der Waals surface area contributed by atoms with E-state index >= 15 is 0 Å². The van der Waals surface area contributed by atoms with Gasteiger partial charge in [-0.05, 0) is 77.5 Å². The van der Waals surface area contributed by atoms with Crippen LogP contribution >= 0.6 is 0 Å². The second kappa shape index (κ2) is 15.1. The third-order valence-corrected chi connectivity index (χ3v) is 13.1. The number of ketones is 1. The maximum atomic E-state index is 13.1. The van der Waals surface area contributed by atoms with E-state index in [4.69, 9.17) is 20.2 Å². The number of phenolic OH excluding ortho intramolecular Hbond substituents is 1. The summed E-state index contributed by atoms with van der Waals surface area (Å²) >= 11 is 0. The van der Waals surface area contributed by atoms with Crippen LogP contribution in [0.2, 0.25) is 0 Å². The Balaban J connectivity index is 1.06. The fraction of sp³-hybridized carbons (Fsp3) is 0.478. The van der Waals surface area contributed by atoms with Crippen LogP contribution in [0, 0.1) is 47.0 Å². The molecule has 7 aliphatic rings. The fourth-order valence-electron chi connectivity index (χ4n) is 9.94. The van der Waals surface area contributed by atoms with E-state index in [-0.39, 0.29) is 48.6 Å². The van der Waals surface area contributed by atoms with Crippen molar-refractivity contribution >= 4 is 12.0 Å². The van der Waals surface area contributed by atoms with E-state index in [1.807, 2.05) is 43.6 Å². The van der Waals surface area contributed by atoms with Gasteiger partial charge in [-0.2, -0.15) is 0 Å². The quantitative estimate of drug-likeness (QED) is 0.183. The number of nitrogens with one attached hydrogen (secondary N) is 1. The molecule has 2 aromatic carbocycles. The standard InChI is InChI=1S/C46H50N4O7/c1-26-4-7-33(40(54)18-26)41(55)21-29(51)6-5-27-20-43-42(22-39(27)53)56-17-15-46(13-2-3-14-46)36-10-11-38(52)31-8-9-32-30(12-16-48-44(32)47)34(31)19-28-23-49-37-25-50(24-35(28)37)45(36)57-43/h4,7-9,20,22-23,25-26,33,36,38,40-41,44-45,48,52-55H,2-3,5-6,12-14,16,18-19,21,24,47H2,1H3/t26-,33-,36+,38+,40-,41+,44+,45?/m1/s1. The highest BCUT2D eigenvalue weighted by Crippen LogP contribution is 2.50. The van der Waals surface area contributed by atoms with Crippen molar-refractivity contribution in [2.24, 2.45) is 33.9 Å². The highest BCUT2D eigenvalue weighted by atomic mass is 16.5. The van der Waals surface area contributed by atoms with Crippen LogP contribution in [-0.4, -0.2) is 68.8 Å². The molecule has 57 heavy (non-hydrogen) atoms. The van der Waals surface area contributed by atoms with E-state index < -0.39 is 41.8 Å². The van der Waals surface area contributed by atoms with Crippen LogP contribution in [0.3, 0.4) is 0 Å². The number of aliphatic hydroxyl groups excluding tert-OH is 3. The van der Waals surface area contributed by atoms with E-state index in [0.29, 0.717) is 30.7 Å². The van der Waals surface area contributed by atoms with E-state index in [0.717, 1.165) is 77.7 Å². The number of Topliss-reactive ketones (excluding diaryl/α,β-unsaturated/α-hetero) is 1. The number of hydrogen-bond acceptors (Lipinski definition) is 11. The van der Waals surface area contributed by atoms with Crippen LogP contribution in [0.25, 0.3) is 0 Å². The highest BCUT2D eigenvalue weighted by Gasteiger charge is 2.48. The predicted molar refractivity (Wildman–Crippen MR) is 214 cm³/mol. The predicted octanol–water partition coefficient (Wildman–Crippen LogP) is 4.39. The van der Waals surface area contributed by atoms with Gasteiger partial charge in [0, 0.05) is 62.3 Å². The van der Waals surface area contributed by atoms with Crippen molar-refractivity contribution in [1.29, 1.82) is 0 Å². The van der Waals surface area contributed by atoms with Crippen molar-refractivity contribution in [2.45, 2.75) is 102 Å². The van der Waals surface area contributed by atoms with Crippen molar-refractivity contribution in [3.8, 4) is 41.1 Å². The van der Waals surface area contributed by atoms with Gasteiger partial charge in [-0.25, -0.2) is 0 Å². The minimum absolute atomic E-state index is 0.0559. The summed E-state index contributed by atoms with van der Waals surface area (Å²) in [5.41, 5.74) is 13.5. The Morgan fingerprint density at radius 3 is 2.77 bits per heavy atom. The lowest BCUT2D eigenvalue weighted by Crippen LogP contribution is -2.47. The van der Waals surface area contributed by atoms with Gasteiger partial charge in [0.25, 0.3) is 0 Å². The van der Waals surface area contributed by atoms with E-state index in [1.54, 1.807) is 6.07 Å². The summed E-state index contributed by atoms with van der Waals surface area (Å²) in [4.78, 5) is 20.1. The molecule has 0 saturated heterocycles. The number of carbonyl (C=O) groups is 1. The first kappa shape index (κ1) is 37.7. The zero-order chi connectivity index (χ0) is 39.4. The summed E-state index contributed by atoms with van der Waals surface area (Å²) in [5, 5.41) is 47.8. The van der Waals surface area contributed by atoms with Crippen molar-refractivity contribution in [3.63, 3.8) is 0 Å². The molecule has 0 aromatic heterocycles.